The molecule has 0 unspecified atom stereocenters. The van der Waals surface area contributed by atoms with E-state index in [2.05, 4.69) is 24.3 Å². The Hall–Kier alpha value is -1.96. The maximum atomic E-state index is 12.9. The first-order valence-corrected chi connectivity index (χ1v) is 6.90. The molecule has 0 fully saturated rings. The zero-order valence-electron chi connectivity index (χ0n) is 11.4. The summed E-state index contributed by atoms with van der Waals surface area (Å²) < 4.78 is 24.6. The van der Waals surface area contributed by atoms with E-state index in [1.807, 2.05) is 0 Å². The summed E-state index contributed by atoms with van der Waals surface area (Å²) >= 11 is 0. The van der Waals surface area contributed by atoms with Gasteiger partial charge in [0.15, 0.2) is 0 Å². The van der Waals surface area contributed by atoms with Crippen LogP contribution in [0.4, 0.5) is 8.78 Å². The molecule has 2 aromatic rings. The smallest absolute Gasteiger partial charge is 0.123 e. The largest absolute Gasteiger partial charge is 0.216 e. The van der Waals surface area contributed by atoms with E-state index < -0.39 is 0 Å². The lowest BCUT2D eigenvalue weighted by Gasteiger charge is -2.04. The van der Waals surface area contributed by atoms with Gasteiger partial charge in [-0.1, -0.05) is 42.5 Å². The van der Waals surface area contributed by atoms with Crippen LogP contribution in [0.1, 0.15) is 24.8 Å². The van der Waals surface area contributed by atoms with Crippen LogP contribution in [0.2, 0.25) is 0 Å². The predicted molar refractivity (Wildman–Crippen MR) is 79.6 cm³/mol. The van der Waals surface area contributed by atoms with Crippen LogP contribution < -0.4 is 0 Å². The van der Waals surface area contributed by atoms with Gasteiger partial charge in [-0.15, -0.1) is 0 Å². The zero-order chi connectivity index (χ0) is 14.2. The SMILES string of the molecule is F/C=C/CCCCc1ccc(-c2ccc(F)cc2)cc1. The second-order valence-corrected chi connectivity index (χ2v) is 4.81. The van der Waals surface area contributed by atoms with Crippen molar-refractivity contribution in [1.29, 1.82) is 0 Å². The Kier molecular flexibility index (Phi) is 5.48. The number of allylic oxidation sites excluding steroid dienone is 1. The first-order valence-electron chi connectivity index (χ1n) is 6.90. The van der Waals surface area contributed by atoms with Crippen molar-refractivity contribution in [1.82, 2.24) is 0 Å². The molecule has 0 bridgehead atoms. The van der Waals surface area contributed by atoms with Crippen LogP contribution in [-0.4, -0.2) is 0 Å². The quantitative estimate of drug-likeness (QED) is 0.593. The molecular weight excluding hydrogens is 254 g/mol. The third kappa shape index (κ3) is 4.30. The average molecular weight is 272 g/mol. The van der Waals surface area contributed by atoms with Gasteiger partial charge in [0.1, 0.15) is 5.82 Å². The monoisotopic (exact) mass is 272 g/mol. The van der Waals surface area contributed by atoms with Crippen LogP contribution in [-0.2, 0) is 6.42 Å². The minimum absolute atomic E-state index is 0.215. The van der Waals surface area contributed by atoms with E-state index in [-0.39, 0.29) is 5.82 Å². The number of benzene rings is 2. The Morgan fingerprint density at radius 2 is 1.40 bits per heavy atom. The van der Waals surface area contributed by atoms with Gasteiger partial charge in [-0.2, -0.15) is 0 Å². The molecule has 0 saturated carbocycles. The van der Waals surface area contributed by atoms with Crippen molar-refractivity contribution in [3.05, 3.63) is 72.3 Å². The summed E-state index contributed by atoms with van der Waals surface area (Å²) in [5, 5.41) is 0. The average Bonchev–Trinajstić information content (AvgIpc) is 2.49. The Balaban J connectivity index is 1.91. The summed E-state index contributed by atoms with van der Waals surface area (Å²) in [6.45, 7) is 0. The number of aryl methyl sites for hydroxylation is 1. The first-order chi connectivity index (χ1) is 9.79. The molecule has 0 aliphatic heterocycles. The fourth-order valence-electron chi connectivity index (χ4n) is 2.16. The standard InChI is InChI=1S/C18H18F2/c19-14-4-2-1-3-5-15-6-8-16(9-7-15)17-10-12-18(20)13-11-17/h4,6-14H,1-3,5H2/b14-4+. The van der Waals surface area contributed by atoms with Gasteiger partial charge >= 0.3 is 0 Å². The normalized spacial score (nSPS) is 11.1. The molecule has 0 aliphatic rings. The highest BCUT2D eigenvalue weighted by Gasteiger charge is 1.99. The highest BCUT2D eigenvalue weighted by atomic mass is 19.1. The lowest BCUT2D eigenvalue weighted by atomic mass is 10.0. The summed E-state index contributed by atoms with van der Waals surface area (Å²) in [6, 6.07) is 14.8. The molecular formula is C18H18F2. The maximum absolute atomic E-state index is 12.9. The molecule has 2 heteroatoms. The molecule has 0 amide bonds. The molecule has 0 aromatic heterocycles. The molecule has 0 radical (unpaired) electrons. The lowest BCUT2D eigenvalue weighted by Crippen LogP contribution is -1.86. The van der Waals surface area contributed by atoms with Crippen molar-refractivity contribution < 1.29 is 8.78 Å². The third-order valence-corrected chi connectivity index (χ3v) is 3.31. The lowest BCUT2D eigenvalue weighted by molar-refractivity contribution is 0.628. The van der Waals surface area contributed by atoms with Gasteiger partial charge in [-0.05, 0) is 54.5 Å². The summed E-state index contributed by atoms with van der Waals surface area (Å²) in [5.74, 6) is -0.215. The van der Waals surface area contributed by atoms with E-state index in [9.17, 15) is 8.78 Å². The third-order valence-electron chi connectivity index (χ3n) is 3.31. The minimum atomic E-state index is -0.215. The molecule has 0 nitrogen and oxygen atoms in total. The van der Waals surface area contributed by atoms with Gasteiger partial charge in [-0.3, -0.25) is 0 Å². The molecule has 0 aliphatic carbocycles. The van der Waals surface area contributed by atoms with E-state index in [4.69, 9.17) is 0 Å². The molecule has 0 atom stereocenters. The van der Waals surface area contributed by atoms with Crippen molar-refractivity contribution in [3.8, 4) is 11.1 Å². The maximum Gasteiger partial charge on any atom is 0.123 e. The van der Waals surface area contributed by atoms with Crippen molar-refractivity contribution >= 4 is 0 Å². The Morgan fingerprint density at radius 1 is 0.800 bits per heavy atom. The summed E-state index contributed by atoms with van der Waals surface area (Å²) in [6.07, 6.45) is 6.02. The Bertz CT molecular complexity index is 539. The highest BCUT2D eigenvalue weighted by molar-refractivity contribution is 5.63. The molecule has 0 spiro atoms. The van der Waals surface area contributed by atoms with Gasteiger partial charge in [0.05, 0.1) is 6.33 Å². The van der Waals surface area contributed by atoms with Crippen molar-refractivity contribution in [3.63, 3.8) is 0 Å². The van der Waals surface area contributed by atoms with E-state index in [1.54, 1.807) is 18.2 Å². The number of hydrogen-bond acceptors (Lipinski definition) is 0. The first kappa shape index (κ1) is 14.4. The van der Waals surface area contributed by atoms with Gasteiger partial charge in [0.2, 0.25) is 0 Å². The van der Waals surface area contributed by atoms with Crippen LogP contribution in [0, 0.1) is 5.82 Å². The van der Waals surface area contributed by atoms with Gasteiger partial charge < -0.3 is 0 Å². The van der Waals surface area contributed by atoms with Crippen LogP contribution >= 0.6 is 0 Å². The Morgan fingerprint density at radius 3 is 2.00 bits per heavy atom. The second kappa shape index (κ2) is 7.59. The van der Waals surface area contributed by atoms with Crippen LogP contribution in [0.3, 0.4) is 0 Å². The fraction of sp³-hybridized carbons (Fsp3) is 0.222. The minimum Gasteiger partial charge on any atom is -0.216 e. The summed E-state index contributed by atoms with van der Waals surface area (Å²) in [7, 11) is 0. The van der Waals surface area contributed by atoms with E-state index in [0.29, 0.717) is 6.33 Å². The van der Waals surface area contributed by atoms with E-state index in [1.165, 1.54) is 17.7 Å². The second-order valence-electron chi connectivity index (χ2n) is 4.81. The number of rotatable bonds is 6. The molecule has 0 N–H and O–H groups in total. The van der Waals surface area contributed by atoms with Gasteiger partial charge in [0.25, 0.3) is 0 Å². The summed E-state index contributed by atoms with van der Waals surface area (Å²) in [5.41, 5.74) is 3.39. The van der Waals surface area contributed by atoms with E-state index >= 15 is 0 Å². The van der Waals surface area contributed by atoms with Crippen molar-refractivity contribution in [2.45, 2.75) is 25.7 Å². The molecule has 0 heterocycles. The topological polar surface area (TPSA) is 0 Å². The van der Waals surface area contributed by atoms with Crippen LogP contribution in [0.5, 0.6) is 0 Å². The highest BCUT2D eigenvalue weighted by Crippen LogP contribution is 2.20. The Labute approximate surface area is 118 Å². The zero-order valence-corrected chi connectivity index (χ0v) is 11.4. The number of unbranched alkanes of at least 4 members (excludes halogenated alkanes) is 2. The van der Waals surface area contributed by atoms with E-state index in [0.717, 1.165) is 36.8 Å². The molecule has 2 rings (SSSR count). The molecule has 0 saturated heterocycles. The van der Waals surface area contributed by atoms with Crippen molar-refractivity contribution in [2.75, 3.05) is 0 Å². The molecule has 104 valence electrons. The van der Waals surface area contributed by atoms with Crippen LogP contribution in [0.25, 0.3) is 11.1 Å². The molecule has 2 aromatic carbocycles. The van der Waals surface area contributed by atoms with Gasteiger partial charge in [0, 0.05) is 0 Å². The van der Waals surface area contributed by atoms with Crippen molar-refractivity contribution in [2.24, 2.45) is 0 Å². The van der Waals surface area contributed by atoms with Gasteiger partial charge in [-0.25, -0.2) is 8.78 Å². The fourth-order valence-corrected chi connectivity index (χ4v) is 2.16. The number of hydrogen-bond donors (Lipinski definition) is 0. The summed E-state index contributed by atoms with van der Waals surface area (Å²) in [4.78, 5) is 0. The predicted octanol–water partition coefficient (Wildman–Crippen LogP) is 5.69. The van der Waals surface area contributed by atoms with Crippen LogP contribution in [0.15, 0.2) is 60.9 Å². The number of halogens is 2. The molecule has 20 heavy (non-hydrogen) atoms.